The van der Waals surface area contributed by atoms with Gasteiger partial charge >= 0.3 is 0 Å². The van der Waals surface area contributed by atoms with Gasteiger partial charge in [-0.05, 0) is 115 Å². The first kappa shape index (κ1) is 24.5. The predicted octanol–water partition coefficient (Wildman–Crippen LogP) is 8.73. The van der Waals surface area contributed by atoms with E-state index in [0.717, 1.165) is 66.1 Å². The molecule has 0 spiro atoms. The van der Waals surface area contributed by atoms with Gasteiger partial charge in [-0.25, -0.2) is 0 Å². The van der Waals surface area contributed by atoms with E-state index in [9.17, 15) is 4.79 Å². The molecule has 0 aromatic carbocycles. The molecular weight excluding hydrogens is 388 g/mol. The van der Waals surface area contributed by atoms with Crippen LogP contribution < -0.4 is 0 Å². The summed E-state index contributed by atoms with van der Waals surface area (Å²) in [5.41, 5.74) is 2.37. The zero-order valence-corrected chi connectivity index (χ0v) is 22.5. The summed E-state index contributed by atoms with van der Waals surface area (Å²) in [6.45, 7) is 20.3. The number of ketones is 1. The van der Waals surface area contributed by atoms with Crippen LogP contribution in [0.1, 0.15) is 113 Å². The standard InChI is InChI=1S/C31H52O/c1-9-25(19(2)3)21(5)20(4)22(6)27-12-13-28-26-11-10-23-18-24(32)14-16-30(23,7)29(26)15-17-31(27,28)8/h18-22,25-29H,9-17H2,1-8H3/t20-,21-,22-,25+,26?,27?,28?,29?,30+,31-/m1/s1. The van der Waals surface area contributed by atoms with Crippen molar-refractivity contribution < 1.29 is 4.79 Å². The molecule has 182 valence electrons. The van der Waals surface area contributed by atoms with Gasteiger partial charge in [-0.15, -0.1) is 0 Å². The van der Waals surface area contributed by atoms with Gasteiger partial charge in [0.25, 0.3) is 0 Å². The molecule has 32 heavy (non-hydrogen) atoms. The molecule has 0 bridgehead atoms. The normalized spacial score (nSPS) is 43.0. The number of hydrogen-bond donors (Lipinski definition) is 0. The number of fused-ring (bicyclic) bond motifs is 5. The van der Waals surface area contributed by atoms with Crippen LogP contribution in [0.4, 0.5) is 0 Å². The molecule has 0 N–H and O–H groups in total. The third-order valence-corrected chi connectivity index (χ3v) is 12.3. The number of carbonyl (C=O) groups excluding carboxylic acids is 1. The van der Waals surface area contributed by atoms with Gasteiger partial charge in [0, 0.05) is 6.42 Å². The smallest absolute Gasteiger partial charge is 0.155 e. The first-order valence-corrected chi connectivity index (χ1v) is 14.3. The van der Waals surface area contributed by atoms with Gasteiger partial charge in [0.15, 0.2) is 5.78 Å². The highest BCUT2D eigenvalue weighted by molar-refractivity contribution is 5.91. The lowest BCUT2D eigenvalue weighted by atomic mass is 9.46. The molecular formula is C31H52O. The van der Waals surface area contributed by atoms with E-state index in [1.807, 2.05) is 0 Å². The quantitative estimate of drug-likeness (QED) is 0.403. The van der Waals surface area contributed by atoms with Crippen molar-refractivity contribution >= 4 is 5.78 Å². The maximum Gasteiger partial charge on any atom is 0.155 e. The molecule has 3 fully saturated rings. The second-order valence-electron chi connectivity index (χ2n) is 13.6. The van der Waals surface area contributed by atoms with Crippen molar-refractivity contribution in [3.05, 3.63) is 11.6 Å². The van der Waals surface area contributed by atoms with E-state index < -0.39 is 0 Å². The third-order valence-electron chi connectivity index (χ3n) is 12.3. The van der Waals surface area contributed by atoms with Crippen LogP contribution in [-0.2, 0) is 4.79 Å². The molecule has 3 saturated carbocycles. The molecule has 1 heteroatoms. The molecule has 4 rings (SSSR count). The van der Waals surface area contributed by atoms with E-state index in [0.29, 0.717) is 16.6 Å². The fraction of sp³-hybridized carbons (Fsp3) is 0.903. The predicted molar refractivity (Wildman–Crippen MR) is 136 cm³/mol. The maximum atomic E-state index is 12.1. The van der Waals surface area contributed by atoms with Crippen molar-refractivity contribution in [1.29, 1.82) is 0 Å². The summed E-state index contributed by atoms with van der Waals surface area (Å²) in [6.07, 6.45) is 13.6. The molecule has 0 aromatic rings. The van der Waals surface area contributed by atoms with Crippen LogP contribution in [0.3, 0.4) is 0 Å². The Balaban J connectivity index is 1.53. The summed E-state index contributed by atoms with van der Waals surface area (Å²) in [5.74, 6) is 8.02. The van der Waals surface area contributed by atoms with E-state index in [2.05, 4.69) is 61.5 Å². The van der Waals surface area contributed by atoms with E-state index in [-0.39, 0.29) is 0 Å². The molecule has 4 unspecified atom stereocenters. The van der Waals surface area contributed by atoms with Crippen molar-refractivity contribution in [2.45, 2.75) is 113 Å². The average Bonchev–Trinajstić information content (AvgIpc) is 3.10. The fourth-order valence-corrected chi connectivity index (χ4v) is 10.1. The van der Waals surface area contributed by atoms with E-state index in [1.165, 1.54) is 50.5 Å². The third kappa shape index (κ3) is 3.76. The molecule has 0 amide bonds. The Kier molecular flexibility index (Phi) is 6.81. The Morgan fingerprint density at radius 3 is 2.28 bits per heavy atom. The monoisotopic (exact) mass is 440 g/mol. The van der Waals surface area contributed by atoms with Crippen molar-refractivity contribution in [2.24, 2.45) is 64.1 Å². The zero-order chi connectivity index (χ0) is 23.4. The van der Waals surface area contributed by atoms with Gasteiger partial charge in [0.1, 0.15) is 0 Å². The first-order chi connectivity index (χ1) is 15.0. The molecule has 4 aliphatic rings. The zero-order valence-electron chi connectivity index (χ0n) is 22.5. The van der Waals surface area contributed by atoms with Crippen LogP contribution in [0.5, 0.6) is 0 Å². The van der Waals surface area contributed by atoms with Crippen molar-refractivity contribution in [3.63, 3.8) is 0 Å². The number of allylic oxidation sites excluding steroid dienone is 1. The number of hydrogen-bond acceptors (Lipinski definition) is 1. The number of carbonyl (C=O) groups is 1. The van der Waals surface area contributed by atoms with Gasteiger partial charge in [-0.3, -0.25) is 4.79 Å². The Bertz CT molecular complexity index is 733. The van der Waals surface area contributed by atoms with Crippen LogP contribution in [0.25, 0.3) is 0 Å². The Labute approximate surface area is 199 Å². The van der Waals surface area contributed by atoms with Gasteiger partial charge < -0.3 is 0 Å². The molecule has 4 aliphatic carbocycles. The topological polar surface area (TPSA) is 17.1 Å². The summed E-state index contributed by atoms with van der Waals surface area (Å²) < 4.78 is 0. The second kappa shape index (κ2) is 8.88. The SMILES string of the molecule is CC[C@@H](C(C)C)[C@H](C)[C@@H](C)[C@@H](C)C1CCC2C3CCC4=CC(=O)CC[C@]4(C)C3CC[C@@]21C. The minimum Gasteiger partial charge on any atom is -0.295 e. The van der Waals surface area contributed by atoms with Gasteiger partial charge in [0.05, 0.1) is 0 Å². The minimum absolute atomic E-state index is 0.315. The van der Waals surface area contributed by atoms with Crippen LogP contribution in [0, 0.1) is 64.1 Å². The lowest BCUT2D eigenvalue weighted by molar-refractivity contribution is -0.117. The highest BCUT2D eigenvalue weighted by Gasteiger charge is 2.59. The summed E-state index contributed by atoms with van der Waals surface area (Å²) in [6, 6.07) is 0. The van der Waals surface area contributed by atoms with Crippen LogP contribution >= 0.6 is 0 Å². The van der Waals surface area contributed by atoms with Crippen LogP contribution in [0.2, 0.25) is 0 Å². The summed E-state index contributed by atoms with van der Waals surface area (Å²) >= 11 is 0. The second-order valence-corrected chi connectivity index (χ2v) is 13.6. The Morgan fingerprint density at radius 2 is 1.62 bits per heavy atom. The molecule has 0 saturated heterocycles. The summed E-state index contributed by atoms with van der Waals surface area (Å²) in [5, 5.41) is 0. The van der Waals surface area contributed by atoms with Crippen molar-refractivity contribution in [1.82, 2.24) is 0 Å². The highest BCUT2D eigenvalue weighted by Crippen LogP contribution is 2.68. The molecule has 0 heterocycles. The fourth-order valence-electron chi connectivity index (χ4n) is 10.1. The van der Waals surface area contributed by atoms with Crippen LogP contribution in [0.15, 0.2) is 11.6 Å². The molecule has 0 aliphatic heterocycles. The lowest BCUT2D eigenvalue weighted by Crippen LogP contribution is -2.51. The van der Waals surface area contributed by atoms with Gasteiger partial charge in [-0.2, -0.15) is 0 Å². The van der Waals surface area contributed by atoms with Crippen molar-refractivity contribution in [2.75, 3.05) is 0 Å². The maximum absolute atomic E-state index is 12.1. The largest absolute Gasteiger partial charge is 0.295 e. The first-order valence-electron chi connectivity index (χ1n) is 14.3. The summed E-state index contributed by atoms with van der Waals surface area (Å²) in [4.78, 5) is 12.1. The van der Waals surface area contributed by atoms with Crippen LogP contribution in [-0.4, -0.2) is 5.78 Å². The highest BCUT2D eigenvalue weighted by atomic mass is 16.1. The lowest BCUT2D eigenvalue weighted by Gasteiger charge is -2.58. The Morgan fingerprint density at radius 1 is 0.906 bits per heavy atom. The van der Waals surface area contributed by atoms with Crippen molar-refractivity contribution in [3.8, 4) is 0 Å². The molecule has 1 nitrogen and oxygen atoms in total. The molecule has 10 atom stereocenters. The van der Waals surface area contributed by atoms with E-state index in [1.54, 1.807) is 0 Å². The van der Waals surface area contributed by atoms with Gasteiger partial charge in [-0.1, -0.05) is 67.4 Å². The minimum atomic E-state index is 0.315. The van der Waals surface area contributed by atoms with E-state index in [4.69, 9.17) is 0 Å². The Hall–Kier alpha value is -0.590. The average molecular weight is 441 g/mol. The molecule has 0 radical (unpaired) electrons. The number of rotatable bonds is 6. The molecule has 0 aromatic heterocycles. The van der Waals surface area contributed by atoms with E-state index >= 15 is 0 Å². The summed E-state index contributed by atoms with van der Waals surface area (Å²) in [7, 11) is 0. The van der Waals surface area contributed by atoms with Gasteiger partial charge in [0.2, 0.25) is 0 Å².